The number of nitrogens with zero attached hydrogens (tertiary/aromatic N) is 4. The first-order valence-electron chi connectivity index (χ1n) is 14.2. The third kappa shape index (κ3) is 4.88. The number of methoxy groups -OCH3 is 1. The van der Waals surface area contributed by atoms with E-state index in [1.807, 2.05) is 39.0 Å². The van der Waals surface area contributed by atoms with Gasteiger partial charge in [-0.15, -0.1) is 16.5 Å². The molecule has 0 aromatic carbocycles. The van der Waals surface area contributed by atoms with Crippen molar-refractivity contribution in [3.05, 3.63) is 116 Å². The number of aliphatic imine (C=N–C) groups is 3. The maximum atomic E-state index is 13.9. The molecule has 1 aliphatic carbocycles. The molecule has 45 heavy (non-hydrogen) atoms. The molecule has 1 aromatic heterocycles. The van der Waals surface area contributed by atoms with Crippen LogP contribution in [0.1, 0.15) is 38.3 Å². The number of allylic oxidation sites excluding steroid dienone is 8. The molecule has 0 saturated heterocycles. The van der Waals surface area contributed by atoms with Gasteiger partial charge in [0.05, 0.1) is 47.3 Å². The molecule has 0 spiro atoms. The Kier molecular flexibility index (Phi) is 8.32. The van der Waals surface area contributed by atoms with E-state index in [0.29, 0.717) is 72.8 Å². The fraction of sp³-hybridized carbons (Fsp3) is 0.229. The molecule has 222 valence electrons. The van der Waals surface area contributed by atoms with E-state index in [9.17, 15) is 19.8 Å². The first kappa shape index (κ1) is 31.9. The summed E-state index contributed by atoms with van der Waals surface area (Å²) in [5.41, 5.74) is 9.50. The third-order valence-corrected chi connectivity index (χ3v) is 8.75. The van der Waals surface area contributed by atoms with Gasteiger partial charge in [-0.25, -0.2) is 15.0 Å². The molecule has 0 radical (unpaired) electrons. The second-order valence-corrected chi connectivity index (χ2v) is 11.1. The molecule has 1 aromatic rings. The number of rotatable bonds is 6. The van der Waals surface area contributed by atoms with E-state index in [0.717, 1.165) is 22.3 Å². The molecule has 5 heterocycles. The van der Waals surface area contributed by atoms with Crippen LogP contribution in [0, 0.1) is 12.8 Å². The van der Waals surface area contributed by atoms with E-state index in [1.54, 1.807) is 19.1 Å². The summed E-state index contributed by atoms with van der Waals surface area (Å²) in [7, 11) is 1.22. The first-order valence-corrected chi connectivity index (χ1v) is 14.2. The summed E-state index contributed by atoms with van der Waals surface area (Å²) in [6.45, 7) is 15.5. The number of hydrogen-bond acceptors (Lipinski definition) is 8. The van der Waals surface area contributed by atoms with Crippen LogP contribution >= 0.6 is 0 Å². The standard InChI is InChI=1S/C35H32N4O5.Mg/c1-8-19-15(3)22-12-24-17(5)21(10-11-28(40)41)32(38-24)30-31(35(43)44-7)34(42)29-18(6)25(39-33(29)30)14-27-20(9-2)16(4)23(37-27)13-26(19)36-22;/h8-9,12-14,31H,1-2,10-11H2,3-7H3,(H3,36,37,38,39,40,41,42);/q;+2/p-3/t31-;/m1./s1. The molecule has 0 amide bonds. The van der Waals surface area contributed by atoms with Gasteiger partial charge < -0.3 is 24.7 Å². The maximum Gasteiger partial charge on any atom is 2.00 e. The number of hydrogen-bond donors (Lipinski definition) is 0. The van der Waals surface area contributed by atoms with Gasteiger partial charge in [-0.2, -0.15) is 0 Å². The Morgan fingerprint density at radius 1 is 0.956 bits per heavy atom. The summed E-state index contributed by atoms with van der Waals surface area (Å²) < 4.78 is 5.08. The number of esters is 1. The summed E-state index contributed by atoms with van der Waals surface area (Å²) in [5, 5.41) is 26.4. The van der Waals surface area contributed by atoms with Crippen LogP contribution in [0.5, 0.6) is 0 Å². The predicted molar refractivity (Wildman–Crippen MR) is 170 cm³/mol. The smallest absolute Gasteiger partial charge is 0.874 e. The van der Waals surface area contributed by atoms with E-state index in [2.05, 4.69) is 13.2 Å². The fourth-order valence-corrected chi connectivity index (χ4v) is 6.32. The molecule has 0 unspecified atom stereocenters. The number of carboxylic acid groups (broad SMARTS) is 1. The summed E-state index contributed by atoms with van der Waals surface area (Å²) in [5.74, 6) is -3.70. The molecule has 4 aliphatic heterocycles. The number of fused-ring (bicyclic) bond motifs is 5. The predicted octanol–water partition coefficient (Wildman–Crippen LogP) is 1.03. The van der Waals surface area contributed by atoms with Crippen LogP contribution < -0.4 is 25.9 Å². The number of aromatic nitrogens is 1. The van der Waals surface area contributed by atoms with Crippen LogP contribution in [0.4, 0.5) is 0 Å². The molecule has 8 bridgehead atoms. The van der Waals surface area contributed by atoms with E-state index in [-0.39, 0.29) is 35.9 Å². The quantitative estimate of drug-likeness (QED) is 0.349. The van der Waals surface area contributed by atoms with Gasteiger partial charge in [0.25, 0.3) is 0 Å². The zero-order valence-electron chi connectivity index (χ0n) is 25.8. The summed E-state index contributed by atoms with van der Waals surface area (Å²) in [6, 6.07) is 0. The number of carboxylic acids is 1. The van der Waals surface area contributed by atoms with Crippen molar-refractivity contribution in [3.63, 3.8) is 0 Å². The minimum absolute atomic E-state index is 0. The second kappa shape index (κ2) is 11.8. The molecular formula is C35H29MgN4O5-. The summed E-state index contributed by atoms with van der Waals surface area (Å²) >= 11 is 0. The van der Waals surface area contributed by atoms with Gasteiger partial charge in [0.1, 0.15) is 0 Å². The third-order valence-electron chi connectivity index (χ3n) is 8.75. The Bertz CT molecular complexity index is 2070. The Balaban J connectivity index is 0.00000400. The van der Waals surface area contributed by atoms with Gasteiger partial charge in [-0.05, 0) is 80.6 Å². The Labute approximate surface area is 276 Å². The van der Waals surface area contributed by atoms with Gasteiger partial charge in [-0.3, -0.25) is 4.79 Å². The largest absolute Gasteiger partial charge is 2.00 e. The number of ether oxygens (including phenoxy) is 1. The minimum Gasteiger partial charge on any atom is -0.874 e. The van der Waals surface area contributed by atoms with E-state index < -0.39 is 23.6 Å². The van der Waals surface area contributed by atoms with Crippen LogP contribution in [0.25, 0.3) is 11.6 Å². The fourth-order valence-electron chi connectivity index (χ4n) is 6.32. The molecule has 6 rings (SSSR count). The van der Waals surface area contributed by atoms with Crippen LogP contribution in [0.15, 0.2) is 109 Å². The van der Waals surface area contributed by atoms with Crippen molar-refractivity contribution in [2.24, 2.45) is 20.9 Å². The van der Waals surface area contributed by atoms with Crippen molar-refractivity contribution in [2.75, 3.05) is 7.11 Å². The van der Waals surface area contributed by atoms with Crippen LogP contribution in [-0.4, -0.2) is 59.2 Å². The number of carbonyl (C=O) groups excluding carboxylic acids is 2. The van der Waals surface area contributed by atoms with Crippen LogP contribution in [0.3, 0.4) is 0 Å². The SMILES string of the molecule is C=CC1=C(C)C2=NC1=CC1=C(C)C3=C([O-])[C@H](C(=O)OC)C(=c4[n-]c(c(C)c4CCC(=O)[O-])=CC4=NC(=C2)C(C=C)=C4C)C3=N1.[Mg+2]. The Morgan fingerprint density at radius 2 is 1.56 bits per heavy atom. The molecule has 1 atom stereocenters. The maximum absolute atomic E-state index is 13.9. The van der Waals surface area contributed by atoms with Gasteiger partial charge in [0.2, 0.25) is 0 Å². The summed E-state index contributed by atoms with van der Waals surface area (Å²) in [6.07, 6.45) is 8.84. The van der Waals surface area contributed by atoms with Crippen molar-refractivity contribution < 1.29 is 24.5 Å². The van der Waals surface area contributed by atoms with Crippen molar-refractivity contribution in [1.82, 2.24) is 4.98 Å². The molecule has 5 aliphatic rings. The van der Waals surface area contributed by atoms with Gasteiger partial charge in [0.15, 0.2) is 0 Å². The molecule has 10 heteroatoms. The van der Waals surface area contributed by atoms with Gasteiger partial charge in [-0.1, -0.05) is 42.5 Å². The second-order valence-electron chi connectivity index (χ2n) is 11.1. The molecular weight excluding hydrogens is 581 g/mol. The van der Waals surface area contributed by atoms with Gasteiger partial charge >= 0.3 is 29.0 Å². The average molecular weight is 610 g/mol. The normalized spacial score (nSPS) is 20.0. The van der Waals surface area contributed by atoms with E-state index in [1.165, 1.54) is 7.11 Å². The topological polar surface area (TPSA) is 141 Å². The number of carbonyl (C=O) groups is 2. The minimum atomic E-state index is -1.30. The Morgan fingerprint density at radius 3 is 2.13 bits per heavy atom. The van der Waals surface area contributed by atoms with Crippen LogP contribution in [-0.2, 0) is 20.7 Å². The Hall–Kier alpha value is -4.54. The zero-order valence-corrected chi connectivity index (χ0v) is 27.2. The van der Waals surface area contributed by atoms with E-state index in [4.69, 9.17) is 24.7 Å². The van der Waals surface area contributed by atoms with Crippen molar-refractivity contribution >= 4 is 63.8 Å². The van der Waals surface area contributed by atoms with Crippen LogP contribution in [0.2, 0.25) is 0 Å². The monoisotopic (exact) mass is 609 g/mol. The van der Waals surface area contributed by atoms with E-state index >= 15 is 0 Å². The van der Waals surface area contributed by atoms with Crippen molar-refractivity contribution in [1.29, 1.82) is 0 Å². The first-order chi connectivity index (χ1) is 21.0. The molecule has 0 saturated carbocycles. The van der Waals surface area contributed by atoms with Gasteiger partial charge in [0, 0.05) is 17.1 Å². The zero-order chi connectivity index (χ0) is 31.6. The van der Waals surface area contributed by atoms with Crippen molar-refractivity contribution in [3.8, 4) is 0 Å². The summed E-state index contributed by atoms with van der Waals surface area (Å²) in [4.78, 5) is 44.3. The molecule has 0 fully saturated rings. The van der Waals surface area contributed by atoms with Crippen molar-refractivity contribution in [2.45, 2.75) is 40.5 Å². The molecule has 0 N–H and O–H groups in total. The molecule has 9 nitrogen and oxygen atoms in total. The average Bonchev–Trinajstić information content (AvgIpc) is 3.72. The number of aliphatic carboxylic acids is 1.